The first-order valence-electron chi connectivity index (χ1n) is 8.27. The SMILES string of the molecule is [CH2]c1cc(C(C)(C)C)c(OCc2ccccc2)c(C(C)(C)C)c1. The third-order valence-corrected chi connectivity index (χ3v) is 3.99. The van der Waals surface area contributed by atoms with Gasteiger partial charge < -0.3 is 4.74 Å². The summed E-state index contributed by atoms with van der Waals surface area (Å²) in [5.41, 5.74) is 4.72. The average Bonchev–Trinajstić information content (AvgIpc) is 2.44. The molecule has 0 unspecified atom stereocenters. The molecule has 0 saturated heterocycles. The van der Waals surface area contributed by atoms with Crippen molar-refractivity contribution in [3.05, 3.63) is 71.6 Å². The molecule has 0 bridgehead atoms. The van der Waals surface area contributed by atoms with Gasteiger partial charge in [0.15, 0.2) is 0 Å². The quantitative estimate of drug-likeness (QED) is 0.671. The van der Waals surface area contributed by atoms with Crippen LogP contribution in [0.2, 0.25) is 0 Å². The van der Waals surface area contributed by atoms with Gasteiger partial charge in [-0.05, 0) is 28.9 Å². The molecule has 0 aliphatic carbocycles. The van der Waals surface area contributed by atoms with E-state index in [1.807, 2.05) is 18.2 Å². The maximum absolute atomic E-state index is 6.33. The summed E-state index contributed by atoms with van der Waals surface area (Å²) in [7, 11) is 0. The zero-order valence-corrected chi connectivity index (χ0v) is 15.4. The summed E-state index contributed by atoms with van der Waals surface area (Å²) >= 11 is 0. The predicted molar refractivity (Wildman–Crippen MR) is 99.1 cm³/mol. The van der Waals surface area contributed by atoms with Crippen molar-refractivity contribution >= 4 is 0 Å². The van der Waals surface area contributed by atoms with E-state index in [-0.39, 0.29) is 10.8 Å². The fourth-order valence-corrected chi connectivity index (χ4v) is 2.69. The summed E-state index contributed by atoms with van der Waals surface area (Å²) in [5, 5.41) is 0. The topological polar surface area (TPSA) is 9.23 Å². The maximum Gasteiger partial charge on any atom is 0.127 e. The molecule has 2 rings (SSSR count). The Labute approximate surface area is 141 Å². The fraction of sp³-hybridized carbons (Fsp3) is 0.409. The van der Waals surface area contributed by atoms with Crippen molar-refractivity contribution in [3.8, 4) is 5.75 Å². The standard InChI is InChI=1S/C22H29O/c1-16-13-18(21(2,3)4)20(19(14-16)22(5,6)7)23-15-17-11-9-8-10-12-17/h8-14H,1,15H2,2-7H3. The van der Waals surface area contributed by atoms with Crippen molar-refractivity contribution in [1.82, 2.24) is 0 Å². The van der Waals surface area contributed by atoms with Crippen LogP contribution in [0.1, 0.15) is 63.8 Å². The summed E-state index contributed by atoms with van der Waals surface area (Å²) in [4.78, 5) is 0. The van der Waals surface area contributed by atoms with E-state index in [1.54, 1.807) is 0 Å². The Morgan fingerprint density at radius 1 is 0.826 bits per heavy atom. The van der Waals surface area contributed by atoms with E-state index in [9.17, 15) is 0 Å². The molecule has 0 spiro atoms. The second-order valence-corrected chi connectivity index (χ2v) is 8.29. The average molecular weight is 309 g/mol. The number of hydrogen-bond donors (Lipinski definition) is 0. The molecule has 1 radical (unpaired) electrons. The van der Waals surface area contributed by atoms with E-state index in [2.05, 4.69) is 72.7 Å². The molecule has 0 heterocycles. The third kappa shape index (κ3) is 4.37. The van der Waals surface area contributed by atoms with Gasteiger partial charge in [0.25, 0.3) is 0 Å². The van der Waals surface area contributed by atoms with Crippen molar-refractivity contribution in [2.45, 2.75) is 59.0 Å². The minimum atomic E-state index is 0.0136. The Balaban J connectivity index is 2.49. The third-order valence-electron chi connectivity index (χ3n) is 3.99. The van der Waals surface area contributed by atoms with Crippen LogP contribution in [-0.4, -0.2) is 0 Å². The van der Waals surface area contributed by atoms with E-state index < -0.39 is 0 Å². The van der Waals surface area contributed by atoms with Crippen molar-refractivity contribution in [2.24, 2.45) is 0 Å². The molecule has 0 atom stereocenters. The number of benzene rings is 2. The van der Waals surface area contributed by atoms with Gasteiger partial charge in [0.1, 0.15) is 12.4 Å². The van der Waals surface area contributed by atoms with Crippen LogP contribution < -0.4 is 4.74 Å². The van der Waals surface area contributed by atoms with E-state index in [0.29, 0.717) is 6.61 Å². The monoisotopic (exact) mass is 309 g/mol. The molecule has 1 nitrogen and oxygen atoms in total. The lowest BCUT2D eigenvalue weighted by Gasteiger charge is -2.30. The second-order valence-electron chi connectivity index (χ2n) is 8.29. The fourth-order valence-electron chi connectivity index (χ4n) is 2.69. The van der Waals surface area contributed by atoms with Gasteiger partial charge in [-0.25, -0.2) is 0 Å². The zero-order chi connectivity index (χ0) is 17.3. The first kappa shape index (κ1) is 17.6. The Bertz CT molecular complexity index is 620. The lowest BCUT2D eigenvalue weighted by Crippen LogP contribution is -2.20. The highest BCUT2D eigenvalue weighted by atomic mass is 16.5. The van der Waals surface area contributed by atoms with E-state index >= 15 is 0 Å². The van der Waals surface area contributed by atoms with Crippen LogP contribution >= 0.6 is 0 Å². The number of hydrogen-bond acceptors (Lipinski definition) is 1. The molecule has 1 heteroatoms. The van der Waals surface area contributed by atoms with Crippen LogP contribution in [0.15, 0.2) is 42.5 Å². The molecule has 0 aliphatic rings. The summed E-state index contributed by atoms with van der Waals surface area (Å²) in [6.45, 7) is 18.1. The summed E-state index contributed by atoms with van der Waals surface area (Å²) in [6, 6.07) is 14.7. The maximum atomic E-state index is 6.33. The minimum Gasteiger partial charge on any atom is -0.488 e. The molecule has 23 heavy (non-hydrogen) atoms. The van der Waals surface area contributed by atoms with Crippen LogP contribution in [0.25, 0.3) is 0 Å². The molecule has 0 aromatic heterocycles. The van der Waals surface area contributed by atoms with Gasteiger partial charge in [-0.3, -0.25) is 0 Å². The number of ether oxygens (including phenoxy) is 1. The summed E-state index contributed by atoms with van der Waals surface area (Å²) in [6.07, 6.45) is 0. The Morgan fingerprint density at radius 2 is 1.30 bits per heavy atom. The van der Waals surface area contributed by atoms with Gasteiger partial charge in [-0.15, -0.1) is 0 Å². The summed E-state index contributed by atoms with van der Waals surface area (Å²) in [5.74, 6) is 1.02. The van der Waals surface area contributed by atoms with Gasteiger partial charge in [-0.1, -0.05) is 84.0 Å². The lowest BCUT2D eigenvalue weighted by molar-refractivity contribution is 0.289. The van der Waals surface area contributed by atoms with Gasteiger partial charge >= 0.3 is 0 Å². The van der Waals surface area contributed by atoms with Crippen molar-refractivity contribution in [2.75, 3.05) is 0 Å². The molecule has 2 aromatic rings. The molecule has 123 valence electrons. The molecule has 2 aromatic carbocycles. The van der Waals surface area contributed by atoms with Gasteiger partial charge in [0.05, 0.1) is 0 Å². The van der Waals surface area contributed by atoms with Crippen molar-refractivity contribution in [3.63, 3.8) is 0 Å². The normalized spacial score (nSPS) is 12.3. The largest absolute Gasteiger partial charge is 0.488 e. The highest BCUT2D eigenvalue weighted by Gasteiger charge is 2.27. The number of rotatable bonds is 3. The van der Waals surface area contributed by atoms with Crippen molar-refractivity contribution < 1.29 is 4.74 Å². The van der Waals surface area contributed by atoms with E-state index in [4.69, 9.17) is 4.74 Å². The molecule has 0 aliphatic heterocycles. The van der Waals surface area contributed by atoms with Crippen LogP contribution in [0, 0.1) is 6.92 Å². The van der Waals surface area contributed by atoms with Crippen LogP contribution in [0.3, 0.4) is 0 Å². The molecule has 0 amide bonds. The molecular formula is C22H29O. The minimum absolute atomic E-state index is 0.0136. The Hall–Kier alpha value is -1.76. The first-order valence-corrected chi connectivity index (χ1v) is 8.27. The second kappa shape index (κ2) is 6.39. The highest BCUT2D eigenvalue weighted by molar-refractivity contribution is 5.51. The first-order chi connectivity index (χ1) is 10.6. The van der Waals surface area contributed by atoms with E-state index in [1.165, 1.54) is 16.7 Å². The molecule has 0 fully saturated rings. The van der Waals surface area contributed by atoms with Gasteiger partial charge in [0.2, 0.25) is 0 Å². The molecule has 0 N–H and O–H groups in total. The smallest absolute Gasteiger partial charge is 0.127 e. The van der Waals surface area contributed by atoms with Gasteiger partial charge in [-0.2, -0.15) is 0 Å². The highest BCUT2D eigenvalue weighted by Crippen LogP contribution is 2.40. The Morgan fingerprint density at radius 3 is 1.74 bits per heavy atom. The van der Waals surface area contributed by atoms with Crippen LogP contribution in [0.4, 0.5) is 0 Å². The van der Waals surface area contributed by atoms with Crippen LogP contribution in [-0.2, 0) is 17.4 Å². The van der Waals surface area contributed by atoms with E-state index in [0.717, 1.165) is 11.3 Å². The lowest BCUT2D eigenvalue weighted by atomic mass is 9.78. The van der Waals surface area contributed by atoms with Gasteiger partial charge in [0, 0.05) is 11.1 Å². The molecule has 0 saturated carbocycles. The Kier molecular flexibility index (Phi) is 4.89. The molecular weight excluding hydrogens is 280 g/mol. The summed E-state index contributed by atoms with van der Waals surface area (Å²) < 4.78 is 6.33. The van der Waals surface area contributed by atoms with Crippen molar-refractivity contribution in [1.29, 1.82) is 0 Å². The van der Waals surface area contributed by atoms with Crippen LogP contribution in [0.5, 0.6) is 5.75 Å². The zero-order valence-electron chi connectivity index (χ0n) is 15.4. The predicted octanol–water partition coefficient (Wildman–Crippen LogP) is 6.04.